The van der Waals surface area contributed by atoms with Crippen molar-refractivity contribution in [2.75, 3.05) is 19.5 Å². The normalized spacial score (nSPS) is 11.2. The Bertz CT molecular complexity index is 1460. The van der Waals surface area contributed by atoms with E-state index < -0.39 is 11.6 Å². The van der Waals surface area contributed by atoms with Crippen molar-refractivity contribution in [2.45, 2.75) is 26.4 Å². The van der Waals surface area contributed by atoms with E-state index in [1.807, 2.05) is 6.92 Å². The van der Waals surface area contributed by atoms with Crippen molar-refractivity contribution in [1.82, 2.24) is 18.7 Å². The monoisotopic (exact) mass is 471 g/mol. The van der Waals surface area contributed by atoms with Gasteiger partial charge in [0.15, 0.2) is 0 Å². The number of halogens is 1. The molecule has 0 saturated carbocycles. The van der Waals surface area contributed by atoms with Gasteiger partial charge < -0.3 is 14.8 Å². The van der Waals surface area contributed by atoms with Crippen molar-refractivity contribution in [3.05, 3.63) is 62.3 Å². The Hall–Kier alpha value is -3.79. The van der Waals surface area contributed by atoms with Crippen molar-refractivity contribution in [3.8, 4) is 11.5 Å². The maximum atomic E-state index is 13.2. The van der Waals surface area contributed by atoms with E-state index in [2.05, 4.69) is 10.4 Å². The zero-order valence-corrected chi connectivity index (χ0v) is 19.0. The minimum atomic E-state index is -0.541. The fraction of sp³-hybridized carbons (Fsp3) is 0.273. The minimum Gasteiger partial charge on any atom is -0.497 e. The van der Waals surface area contributed by atoms with E-state index in [-0.39, 0.29) is 17.9 Å². The third kappa shape index (κ3) is 4.17. The maximum Gasteiger partial charge on any atom is 0.352 e. The molecule has 0 radical (unpaired) electrons. The van der Waals surface area contributed by atoms with E-state index in [4.69, 9.17) is 21.1 Å². The summed E-state index contributed by atoms with van der Waals surface area (Å²) in [5.41, 5.74) is -0.0237. The first-order chi connectivity index (χ1) is 15.9. The van der Waals surface area contributed by atoms with Gasteiger partial charge in [-0.2, -0.15) is 0 Å². The number of aryl methyl sites for hydroxylation is 1. The lowest BCUT2D eigenvalue weighted by Crippen LogP contribution is -2.29. The van der Waals surface area contributed by atoms with Gasteiger partial charge in [0, 0.05) is 35.5 Å². The van der Waals surface area contributed by atoms with Crippen LogP contribution in [0.2, 0.25) is 5.02 Å². The van der Waals surface area contributed by atoms with Crippen molar-refractivity contribution in [3.63, 3.8) is 0 Å². The lowest BCUT2D eigenvalue weighted by atomic mass is 10.2. The van der Waals surface area contributed by atoms with Gasteiger partial charge in [-0.25, -0.2) is 13.9 Å². The lowest BCUT2D eigenvalue weighted by Gasteiger charge is -2.09. The molecule has 4 aromatic rings. The highest BCUT2D eigenvalue weighted by Crippen LogP contribution is 2.25. The molecular weight excluding hydrogens is 450 g/mol. The maximum absolute atomic E-state index is 13.2. The molecule has 1 N–H and O–H groups in total. The number of amides is 1. The second kappa shape index (κ2) is 8.99. The molecule has 11 heteroatoms. The second-order valence-corrected chi connectivity index (χ2v) is 7.78. The Morgan fingerprint density at radius 1 is 1.09 bits per heavy atom. The van der Waals surface area contributed by atoms with Gasteiger partial charge in [0.25, 0.3) is 5.56 Å². The van der Waals surface area contributed by atoms with Crippen LogP contribution < -0.4 is 26.0 Å². The van der Waals surface area contributed by atoms with Gasteiger partial charge in [0.2, 0.25) is 11.7 Å². The summed E-state index contributed by atoms with van der Waals surface area (Å²) in [4.78, 5) is 38.9. The number of nitrogens with zero attached hydrogens (tertiary/aromatic N) is 4. The number of aromatic nitrogens is 4. The Morgan fingerprint density at radius 2 is 1.79 bits per heavy atom. The highest BCUT2D eigenvalue weighted by molar-refractivity contribution is 6.31. The van der Waals surface area contributed by atoms with Crippen molar-refractivity contribution in [2.24, 2.45) is 0 Å². The molecule has 0 bridgehead atoms. The zero-order chi connectivity index (χ0) is 23.7. The molecule has 0 atom stereocenters. The van der Waals surface area contributed by atoms with Gasteiger partial charge in [-0.3, -0.25) is 14.2 Å². The number of fused-ring (bicyclic) bond motifs is 3. The molecule has 0 aliphatic carbocycles. The van der Waals surface area contributed by atoms with Crippen LogP contribution in [0.5, 0.6) is 11.5 Å². The average Bonchev–Trinajstić information content (AvgIpc) is 3.11. The molecule has 4 rings (SSSR count). The van der Waals surface area contributed by atoms with E-state index >= 15 is 0 Å². The predicted molar refractivity (Wildman–Crippen MR) is 125 cm³/mol. The Labute approximate surface area is 192 Å². The SMILES string of the molecule is CCCn1c(=O)c2cc(Cl)ccc2n2c(=O)n(CC(=O)Nc3cc(OC)cc(OC)c3)nc12. The van der Waals surface area contributed by atoms with Crippen LogP contribution in [0, 0.1) is 0 Å². The summed E-state index contributed by atoms with van der Waals surface area (Å²) < 4.78 is 14.2. The number of anilines is 1. The summed E-state index contributed by atoms with van der Waals surface area (Å²) in [6.07, 6.45) is 0.654. The summed E-state index contributed by atoms with van der Waals surface area (Å²) in [6, 6.07) is 9.65. The molecule has 172 valence electrons. The van der Waals surface area contributed by atoms with E-state index in [1.54, 1.807) is 30.3 Å². The van der Waals surface area contributed by atoms with Gasteiger partial charge in [-0.15, -0.1) is 5.10 Å². The van der Waals surface area contributed by atoms with E-state index in [0.29, 0.717) is 46.1 Å². The number of benzene rings is 2. The number of ether oxygens (including phenoxy) is 2. The molecule has 0 spiro atoms. The molecule has 0 aliphatic rings. The number of hydrogen-bond donors (Lipinski definition) is 1. The predicted octanol–water partition coefficient (Wildman–Crippen LogP) is 2.53. The van der Waals surface area contributed by atoms with Crippen LogP contribution in [0.1, 0.15) is 13.3 Å². The summed E-state index contributed by atoms with van der Waals surface area (Å²) in [7, 11) is 3.01. The number of carbonyl (C=O) groups is 1. The average molecular weight is 472 g/mol. The molecule has 0 saturated heterocycles. The van der Waals surface area contributed by atoms with E-state index in [1.165, 1.54) is 29.3 Å². The van der Waals surface area contributed by atoms with Crippen LogP contribution in [0.4, 0.5) is 5.69 Å². The molecule has 0 aliphatic heterocycles. The Kier molecular flexibility index (Phi) is 6.10. The molecule has 0 unspecified atom stereocenters. The number of methoxy groups -OCH3 is 2. The number of rotatable bonds is 7. The summed E-state index contributed by atoms with van der Waals surface area (Å²) >= 11 is 6.08. The fourth-order valence-electron chi connectivity index (χ4n) is 3.64. The van der Waals surface area contributed by atoms with Gasteiger partial charge >= 0.3 is 5.69 Å². The molecule has 33 heavy (non-hydrogen) atoms. The Morgan fingerprint density at radius 3 is 2.42 bits per heavy atom. The Balaban J connectivity index is 1.76. The summed E-state index contributed by atoms with van der Waals surface area (Å²) in [5.74, 6) is 0.691. The molecule has 1 amide bonds. The van der Waals surface area contributed by atoms with Crippen molar-refractivity contribution < 1.29 is 14.3 Å². The fourth-order valence-corrected chi connectivity index (χ4v) is 3.81. The van der Waals surface area contributed by atoms with Crippen LogP contribution in [0.15, 0.2) is 46.0 Å². The van der Waals surface area contributed by atoms with E-state index in [0.717, 1.165) is 4.68 Å². The number of carbonyl (C=O) groups excluding carboxylic acids is 1. The largest absolute Gasteiger partial charge is 0.497 e. The molecule has 2 aromatic carbocycles. The third-order valence-corrected chi connectivity index (χ3v) is 5.35. The van der Waals surface area contributed by atoms with Crippen LogP contribution in [0.25, 0.3) is 16.7 Å². The highest BCUT2D eigenvalue weighted by atomic mass is 35.5. The van der Waals surface area contributed by atoms with Crippen LogP contribution in [0.3, 0.4) is 0 Å². The zero-order valence-electron chi connectivity index (χ0n) is 18.3. The van der Waals surface area contributed by atoms with Crippen molar-refractivity contribution in [1.29, 1.82) is 0 Å². The topological polar surface area (TPSA) is 109 Å². The lowest BCUT2D eigenvalue weighted by molar-refractivity contribution is -0.117. The van der Waals surface area contributed by atoms with E-state index in [9.17, 15) is 14.4 Å². The third-order valence-electron chi connectivity index (χ3n) is 5.11. The van der Waals surface area contributed by atoms with Crippen LogP contribution >= 0.6 is 11.6 Å². The number of hydrogen-bond acceptors (Lipinski definition) is 6. The molecule has 2 heterocycles. The van der Waals surface area contributed by atoms with Gasteiger partial charge in [-0.1, -0.05) is 18.5 Å². The summed E-state index contributed by atoms with van der Waals surface area (Å²) in [5, 5.41) is 7.70. The second-order valence-electron chi connectivity index (χ2n) is 7.34. The van der Waals surface area contributed by atoms with Gasteiger partial charge in [0.05, 0.1) is 25.1 Å². The smallest absolute Gasteiger partial charge is 0.352 e. The first-order valence-electron chi connectivity index (χ1n) is 10.2. The molecule has 2 aromatic heterocycles. The van der Waals surface area contributed by atoms with Crippen LogP contribution in [-0.4, -0.2) is 38.9 Å². The number of nitrogens with one attached hydrogen (secondary N) is 1. The van der Waals surface area contributed by atoms with Gasteiger partial charge in [0.1, 0.15) is 18.0 Å². The minimum absolute atomic E-state index is 0.164. The van der Waals surface area contributed by atoms with Crippen molar-refractivity contribution >= 4 is 39.9 Å². The highest BCUT2D eigenvalue weighted by Gasteiger charge is 2.19. The quantitative estimate of drug-likeness (QED) is 0.443. The van der Waals surface area contributed by atoms with Gasteiger partial charge in [-0.05, 0) is 24.6 Å². The standard InChI is InChI=1S/C22H22ClN5O5/c1-4-7-26-20(30)17-8-13(23)5-6-18(17)28-21(26)25-27(22(28)31)12-19(29)24-14-9-15(32-2)11-16(10-14)33-3/h5-6,8-11H,4,7,12H2,1-3H3,(H,24,29). The molecule has 10 nitrogen and oxygen atoms in total. The first kappa shape index (κ1) is 22.4. The molecule has 0 fully saturated rings. The molecular formula is C22H22ClN5O5. The first-order valence-corrected chi connectivity index (χ1v) is 10.6. The summed E-state index contributed by atoms with van der Waals surface area (Å²) in [6.45, 7) is 1.92. The van der Waals surface area contributed by atoms with Crippen LogP contribution in [-0.2, 0) is 17.9 Å².